The second kappa shape index (κ2) is 4.14. The van der Waals surface area contributed by atoms with E-state index < -0.39 is 5.60 Å². The summed E-state index contributed by atoms with van der Waals surface area (Å²) in [4.78, 5) is 14.0. The van der Waals surface area contributed by atoms with Gasteiger partial charge in [-0.1, -0.05) is 12.1 Å². The molecule has 1 heterocycles. The van der Waals surface area contributed by atoms with Gasteiger partial charge in [0.05, 0.1) is 0 Å². The number of hydrogen-bond acceptors (Lipinski definition) is 3. The van der Waals surface area contributed by atoms with Crippen LogP contribution in [-0.4, -0.2) is 29.7 Å². The van der Waals surface area contributed by atoms with E-state index in [1.54, 1.807) is 0 Å². The second-order valence-corrected chi connectivity index (χ2v) is 7.04. The third kappa shape index (κ3) is 2.23. The number of fused-ring (bicyclic) bond motifs is 1. The Morgan fingerprint density at radius 3 is 2.60 bits per heavy atom. The van der Waals surface area contributed by atoms with Crippen molar-refractivity contribution in [3.8, 4) is 0 Å². The lowest BCUT2D eigenvalue weighted by atomic mass is 9.95. The van der Waals surface area contributed by atoms with Crippen molar-refractivity contribution in [3.05, 3.63) is 29.8 Å². The minimum atomic E-state index is -0.432. The molecule has 1 aliphatic heterocycles. The minimum absolute atomic E-state index is 0.143. The molecule has 2 atom stereocenters. The Balaban J connectivity index is 1.71. The third-order valence-corrected chi connectivity index (χ3v) is 4.28. The van der Waals surface area contributed by atoms with E-state index in [0.717, 1.165) is 25.2 Å². The van der Waals surface area contributed by atoms with E-state index in [9.17, 15) is 4.79 Å². The number of carbonyl (C=O) groups excluding carboxylic acids is 1. The van der Waals surface area contributed by atoms with Crippen LogP contribution in [0.25, 0.3) is 0 Å². The van der Waals surface area contributed by atoms with Crippen molar-refractivity contribution in [1.29, 1.82) is 0 Å². The molecular weight excluding hydrogens is 252 g/mol. The molecular formula is C16H22N2O2. The SMILES string of the molecule is CC(C)(C)OC(=O)N1C[C@H]2C[C@@]2(c2ccc(N)cc2)C1. The van der Waals surface area contributed by atoms with E-state index in [0.29, 0.717) is 5.92 Å². The Labute approximate surface area is 119 Å². The van der Waals surface area contributed by atoms with Gasteiger partial charge in [-0.05, 0) is 50.8 Å². The average Bonchev–Trinajstić information content (AvgIpc) is 2.90. The number of anilines is 1. The molecule has 0 aromatic heterocycles. The molecule has 4 heteroatoms. The largest absolute Gasteiger partial charge is 0.444 e. The first kappa shape index (κ1) is 13.3. The number of nitrogen functional groups attached to an aromatic ring is 1. The first-order valence-electron chi connectivity index (χ1n) is 7.14. The van der Waals surface area contributed by atoms with Gasteiger partial charge in [0.15, 0.2) is 0 Å². The minimum Gasteiger partial charge on any atom is -0.444 e. The Bertz CT molecular complexity index is 532. The molecule has 1 aromatic carbocycles. The zero-order valence-corrected chi connectivity index (χ0v) is 12.3. The fourth-order valence-electron chi connectivity index (χ4n) is 3.21. The van der Waals surface area contributed by atoms with Crippen LogP contribution in [0.2, 0.25) is 0 Å². The summed E-state index contributed by atoms with van der Waals surface area (Å²) in [6.07, 6.45) is 0.968. The van der Waals surface area contributed by atoms with Crippen molar-refractivity contribution < 1.29 is 9.53 Å². The Hall–Kier alpha value is -1.71. The number of rotatable bonds is 1. The molecule has 1 saturated heterocycles. The van der Waals surface area contributed by atoms with Crippen LogP contribution in [0, 0.1) is 5.92 Å². The van der Waals surface area contributed by atoms with E-state index in [4.69, 9.17) is 10.5 Å². The number of nitrogens with two attached hydrogens (primary N) is 1. The highest BCUT2D eigenvalue weighted by molar-refractivity contribution is 5.70. The highest BCUT2D eigenvalue weighted by Gasteiger charge is 2.62. The molecule has 0 radical (unpaired) electrons. The number of nitrogens with zero attached hydrogens (tertiary/aromatic N) is 1. The number of piperidine rings is 1. The number of hydrogen-bond donors (Lipinski definition) is 1. The summed E-state index contributed by atoms with van der Waals surface area (Å²) in [5.74, 6) is 0.568. The van der Waals surface area contributed by atoms with E-state index in [2.05, 4.69) is 12.1 Å². The quantitative estimate of drug-likeness (QED) is 0.801. The van der Waals surface area contributed by atoms with Crippen LogP contribution in [0.5, 0.6) is 0 Å². The average molecular weight is 274 g/mol. The number of carbonyl (C=O) groups is 1. The molecule has 1 aliphatic carbocycles. The fraction of sp³-hybridized carbons (Fsp3) is 0.562. The van der Waals surface area contributed by atoms with Gasteiger partial charge >= 0.3 is 6.09 Å². The molecule has 4 nitrogen and oxygen atoms in total. The van der Waals surface area contributed by atoms with Gasteiger partial charge in [0.1, 0.15) is 5.60 Å². The lowest BCUT2D eigenvalue weighted by molar-refractivity contribution is 0.0270. The summed E-state index contributed by atoms with van der Waals surface area (Å²) in [7, 11) is 0. The number of ether oxygens (including phenoxy) is 1. The van der Waals surface area contributed by atoms with E-state index in [1.165, 1.54) is 5.56 Å². The van der Waals surface area contributed by atoms with Gasteiger partial charge in [0.2, 0.25) is 0 Å². The van der Waals surface area contributed by atoms with Crippen LogP contribution >= 0.6 is 0 Å². The van der Waals surface area contributed by atoms with Crippen LogP contribution < -0.4 is 5.73 Å². The third-order valence-electron chi connectivity index (χ3n) is 4.28. The van der Waals surface area contributed by atoms with E-state index >= 15 is 0 Å². The van der Waals surface area contributed by atoms with Crippen molar-refractivity contribution in [1.82, 2.24) is 4.90 Å². The molecule has 2 N–H and O–H groups in total. The summed E-state index contributed by atoms with van der Waals surface area (Å²) in [5, 5.41) is 0. The lowest BCUT2D eigenvalue weighted by Gasteiger charge is -2.26. The molecule has 0 bridgehead atoms. The Kier molecular flexibility index (Phi) is 2.75. The lowest BCUT2D eigenvalue weighted by Crippen LogP contribution is -2.37. The van der Waals surface area contributed by atoms with Crippen molar-refractivity contribution in [2.24, 2.45) is 5.92 Å². The summed E-state index contributed by atoms with van der Waals surface area (Å²) in [6, 6.07) is 8.06. The normalized spacial score (nSPS) is 28.1. The highest BCUT2D eigenvalue weighted by Crippen LogP contribution is 2.59. The van der Waals surface area contributed by atoms with Gasteiger partial charge in [-0.3, -0.25) is 0 Å². The number of benzene rings is 1. The van der Waals surface area contributed by atoms with Crippen LogP contribution in [-0.2, 0) is 10.2 Å². The Morgan fingerprint density at radius 1 is 1.35 bits per heavy atom. The maximum Gasteiger partial charge on any atom is 0.410 e. The molecule has 1 aromatic rings. The van der Waals surface area contributed by atoms with Crippen LogP contribution in [0.1, 0.15) is 32.8 Å². The van der Waals surface area contributed by atoms with Crippen molar-refractivity contribution >= 4 is 11.8 Å². The van der Waals surface area contributed by atoms with Gasteiger partial charge in [0.25, 0.3) is 0 Å². The molecule has 2 aliphatic rings. The van der Waals surface area contributed by atoms with E-state index in [1.807, 2.05) is 37.8 Å². The number of amides is 1. The van der Waals surface area contributed by atoms with Gasteiger partial charge in [0, 0.05) is 24.2 Å². The first-order valence-corrected chi connectivity index (χ1v) is 7.14. The highest BCUT2D eigenvalue weighted by atomic mass is 16.6. The maximum absolute atomic E-state index is 12.1. The van der Waals surface area contributed by atoms with Crippen LogP contribution in [0.15, 0.2) is 24.3 Å². The topological polar surface area (TPSA) is 55.6 Å². The molecule has 1 amide bonds. The van der Waals surface area contributed by atoms with Gasteiger partial charge in [-0.15, -0.1) is 0 Å². The summed E-state index contributed by atoms with van der Waals surface area (Å²) < 4.78 is 5.46. The Morgan fingerprint density at radius 2 is 2.00 bits per heavy atom. The van der Waals surface area contributed by atoms with Gasteiger partial charge in [-0.25, -0.2) is 4.79 Å². The smallest absolute Gasteiger partial charge is 0.410 e. The fourth-order valence-corrected chi connectivity index (χ4v) is 3.21. The molecule has 2 fully saturated rings. The second-order valence-electron chi connectivity index (χ2n) is 7.04. The molecule has 0 unspecified atom stereocenters. The van der Waals surface area contributed by atoms with Crippen molar-refractivity contribution in [2.45, 2.75) is 38.2 Å². The molecule has 20 heavy (non-hydrogen) atoms. The van der Waals surface area contributed by atoms with Gasteiger partial charge < -0.3 is 15.4 Å². The van der Waals surface area contributed by atoms with Crippen LogP contribution in [0.3, 0.4) is 0 Å². The van der Waals surface area contributed by atoms with Gasteiger partial charge in [-0.2, -0.15) is 0 Å². The van der Waals surface area contributed by atoms with Crippen LogP contribution in [0.4, 0.5) is 10.5 Å². The zero-order valence-electron chi connectivity index (χ0n) is 12.3. The standard InChI is InChI=1S/C16H22N2O2/c1-15(2,3)20-14(19)18-9-12-8-16(12,10-18)11-4-6-13(17)7-5-11/h4-7,12H,8-10,17H2,1-3H3/t12-,16+/m1/s1. The zero-order chi connectivity index (χ0) is 14.5. The molecule has 3 rings (SSSR count). The van der Waals surface area contributed by atoms with Crippen molar-refractivity contribution in [2.75, 3.05) is 18.8 Å². The first-order chi connectivity index (χ1) is 9.30. The maximum atomic E-state index is 12.1. The summed E-state index contributed by atoms with van der Waals surface area (Å²) in [5.41, 5.74) is 7.53. The van der Waals surface area contributed by atoms with Crippen molar-refractivity contribution in [3.63, 3.8) is 0 Å². The molecule has 108 valence electrons. The predicted molar refractivity (Wildman–Crippen MR) is 78.4 cm³/mol. The summed E-state index contributed by atoms with van der Waals surface area (Å²) in [6.45, 7) is 7.27. The number of likely N-dealkylation sites (tertiary alicyclic amines) is 1. The molecule has 1 saturated carbocycles. The van der Waals surface area contributed by atoms with E-state index in [-0.39, 0.29) is 11.5 Å². The monoisotopic (exact) mass is 274 g/mol. The summed E-state index contributed by atoms with van der Waals surface area (Å²) >= 11 is 0. The molecule has 0 spiro atoms. The predicted octanol–water partition coefficient (Wildman–Crippen LogP) is 2.78.